The maximum absolute atomic E-state index is 13.1. The molecular formula is C16H22FN3O2. The van der Waals surface area contributed by atoms with Gasteiger partial charge in [-0.3, -0.25) is 14.5 Å². The minimum Gasteiger partial charge on any atom is -0.369 e. The minimum absolute atomic E-state index is 0.0161. The zero-order valence-electron chi connectivity index (χ0n) is 12.6. The summed E-state index contributed by atoms with van der Waals surface area (Å²) in [7, 11) is 0. The maximum Gasteiger partial charge on any atom is 0.231 e. The summed E-state index contributed by atoms with van der Waals surface area (Å²) >= 11 is 0. The highest BCUT2D eigenvalue weighted by Crippen LogP contribution is 2.11. The van der Waals surface area contributed by atoms with Crippen molar-refractivity contribution in [2.24, 2.45) is 5.73 Å². The Morgan fingerprint density at radius 1 is 1.32 bits per heavy atom. The van der Waals surface area contributed by atoms with Crippen molar-refractivity contribution in [1.82, 2.24) is 10.2 Å². The number of nitrogens with one attached hydrogen (secondary N) is 1. The van der Waals surface area contributed by atoms with Crippen LogP contribution in [0.2, 0.25) is 0 Å². The number of aryl methyl sites for hydroxylation is 1. The number of nitrogens with two attached hydrogens (primary N) is 1. The fourth-order valence-electron chi connectivity index (χ4n) is 2.71. The van der Waals surface area contributed by atoms with Crippen LogP contribution in [0.4, 0.5) is 4.39 Å². The van der Waals surface area contributed by atoms with Gasteiger partial charge in [0.05, 0.1) is 6.54 Å². The number of nitrogens with zero attached hydrogens (tertiary/aromatic N) is 1. The van der Waals surface area contributed by atoms with E-state index < -0.39 is 0 Å². The van der Waals surface area contributed by atoms with Gasteiger partial charge in [-0.2, -0.15) is 0 Å². The third-order valence-corrected chi connectivity index (χ3v) is 3.86. The Labute approximate surface area is 129 Å². The van der Waals surface area contributed by atoms with Gasteiger partial charge in [-0.25, -0.2) is 4.39 Å². The number of primary amides is 1. The van der Waals surface area contributed by atoms with Crippen molar-refractivity contribution in [2.75, 3.05) is 19.6 Å². The number of amides is 2. The lowest BCUT2D eigenvalue weighted by molar-refractivity contribution is -0.123. The van der Waals surface area contributed by atoms with Crippen LogP contribution in [0, 0.1) is 5.82 Å². The summed E-state index contributed by atoms with van der Waals surface area (Å²) in [5.74, 6) is -0.616. The molecule has 2 rings (SSSR count). The molecule has 22 heavy (non-hydrogen) atoms. The third-order valence-electron chi connectivity index (χ3n) is 3.86. The predicted molar refractivity (Wildman–Crippen MR) is 81.5 cm³/mol. The van der Waals surface area contributed by atoms with Gasteiger partial charge in [-0.05, 0) is 37.0 Å². The van der Waals surface area contributed by atoms with Crippen molar-refractivity contribution >= 4 is 11.8 Å². The molecule has 6 heteroatoms. The summed E-state index contributed by atoms with van der Waals surface area (Å²) in [5, 5.41) is 3.00. The van der Waals surface area contributed by atoms with Gasteiger partial charge in [0.25, 0.3) is 0 Å². The van der Waals surface area contributed by atoms with Gasteiger partial charge in [0, 0.05) is 25.6 Å². The molecule has 1 saturated heterocycles. The van der Waals surface area contributed by atoms with E-state index in [9.17, 15) is 14.0 Å². The van der Waals surface area contributed by atoms with Crippen molar-refractivity contribution in [3.63, 3.8) is 0 Å². The largest absolute Gasteiger partial charge is 0.369 e. The number of benzene rings is 1. The highest BCUT2D eigenvalue weighted by Gasteiger charge is 2.21. The molecule has 1 fully saturated rings. The third kappa shape index (κ3) is 5.44. The Bertz CT molecular complexity index is 528. The lowest BCUT2D eigenvalue weighted by Crippen LogP contribution is -2.46. The molecule has 1 aliphatic heterocycles. The van der Waals surface area contributed by atoms with E-state index in [4.69, 9.17) is 5.73 Å². The number of piperidine rings is 1. The molecule has 0 aliphatic carbocycles. The molecule has 0 bridgehead atoms. The number of carbonyl (C=O) groups excluding carboxylic acids is 2. The fourth-order valence-corrected chi connectivity index (χ4v) is 2.71. The molecule has 0 atom stereocenters. The maximum atomic E-state index is 13.1. The standard InChI is InChI=1S/C16H22FN3O2/c17-13-3-1-2-12(10-13)4-5-16(22)19-14-6-8-20(9-7-14)11-15(18)21/h1-3,10,14H,4-9,11H2,(H2,18,21)(H,19,22). The van der Waals surface area contributed by atoms with Crippen LogP contribution in [0.1, 0.15) is 24.8 Å². The van der Waals surface area contributed by atoms with Crippen molar-refractivity contribution in [1.29, 1.82) is 0 Å². The topological polar surface area (TPSA) is 75.4 Å². The monoisotopic (exact) mass is 307 g/mol. The Morgan fingerprint density at radius 2 is 2.05 bits per heavy atom. The zero-order chi connectivity index (χ0) is 15.9. The number of hydrogen-bond donors (Lipinski definition) is 2. The second kappa shape index (κ2) is 7.89. The first kappa shape index (κ1) is 16.4. The van der Waals surface area contributed by atoms with Crippen molar-refractivity contribution < 1.29 is 14.0 Å². The van der Waals surface area contributed by atoms with Crippen molar-refractivity contribution in [2.45, 2.75) is 31.7 Å². The molecule has 0 aromatic heterocycles. The second-order valence-corrected chi connectivity index (χ2v) is 5.71. The summed E-state index contributed by atoms with van der Waals surface area (Å²) in [6, 6.07) is 6.46. The molecular weight excluding hydrogens is 285 g/mol. The first-order valence-corrected chi connectivity index (χ1v) is 7.57. The van der Waals surface area contributed by atoms with Crippen LogP contribution in [-0.4, -0.2) is 42.4 Å². The highest BCUT2D eigenvalue weighted by molar-refractivity contribution is 5.76. The number of halogens is 1. The van der Waals surface area contributed by atoms with Crippen LogP contribution in [0.5, 0.6) is 0 Å². The molecule has 1 heterocycles. The van der Waals surface area contributed by atoms with Crippen molar-refractivity contribution in [3.8, 4) is 0 Å². The first-order valence-electron chi connectivity index (χ1n) is 7.57. The quantitative estimate of drug-likeness (QED) is 0.817. The summed E-state index contributed by atoms with van der Waals surface area (Å²) in [4.78, 5) is 24.8. The van der Waals surface area contributed by atoms with E-state index >= 15 is 0 Å². The first-order chi connectivity index (χ1) is 10.5. The van der Waals surface area contributed by atoms with E-state index in [1.165, 1.54) is 12.1 Å². The van der Waals surface area contributed by atoms with Gasteiger partial charge in [-0.1, -0.05) is 12.1 Å². The number of hydrogen-bond acceptors (Lipinski definition) is 3. The average molecular weight is 307 g/mol. The van der Waals surface area contributed by atoms with Crippen molar-refractivity contribution in [3.05, 3.63) is 35.6 Å². The minimum atomic E-state index is -0.322. The Kier molecular flexibility index (Phi) is 5.89. The van der Waals surface area contributed by atoms with Gasteiger partial charge in [0.15, 0.2) is 0 Å². The van der Waals surface area contributed by atoms with Gasteiger partial charge in [0.1, 0.15) is 5.82 Å². The van der Waals surface area contributed by atoms with E-state index in [0.29, 0.717) is 12.8 Å². The van der Waals surface area contributed by atoms with E-state index in [1.807, 2.05) is 11.0 Å². The lowest BCUT2D eigenvalue weighted by atomic mass is 10.0. The van der Waals surface area contributed by atoms with Gasteiger partial charge < -0.3 is 11.1 Å². The molecule has 120 valence electrons. The average Bonchev–Trinajstić information content (AvgIpc) is 2.47. The Hall–Kier alpha value is -1.95. The van der Waals surface area contributed by atoms with Gasteiger partial charge in [-0.15, -0.1) is 0 Å². The van der Waals surface area contributed by atoms with Crippen LogP contribution >= 0.6 is 0 Å². The molecule has 5 nitrogen and oxygen atoms in total. The molecule has 0 saturated carbocycles. The van der Waals surface area contributed by atoms with Gasteiger partial charge >= 0.3 is 0 Å². The predicted octanol–water partition coefficient (Wildman–Crippen LogP) is 0.824. The number of rotatable bonds is 6. The Morgan fingerprint density at radius 3 is 2.68 bits per heavy atom. The molecule has 0 unspecified atom stereocenters. The van der Waals surface area contributed by atoms with E-state index in [2.05, 4.69) is 5.32 Å². The molecule has 3 N–H and O–H groups in total. The van der Waals surface area contributed by atoms with E-state index in [1.54, 1.807) is 6.07 Å². The number of likely N-dealkylation sites (tertiary alicyclic amines) is 1. The lowest BCUT2D eigenvalue weighted by Gasteiger charge is -2.31. The van der Waals surface area contributed by atoms with E-state index in [0.717, 1.165) is 31.5 Å². The van der Waals surface area contributed by atoms with Gasteiger partial charge in [0.2, 0.25) is 11.8 Å². The summed E-state index contributed by atoms with van der Waals surface area (Å²) in [6.07, 6.45) is 2.52. The molecule has 2 amide bonds. The SMILES string of the molecule is NC(=O)CN1CCC(NC(=O)CCc2cccc(F)c2)CC1. The molecule has 1 aliphatic rings. The fraction of sp³-hybridized carbons (Fsp3) is 0.500. The second-order valence-electron chi connectivity index (χ2n) is 5.71. The van der Waals surface area contributed by atoms with Crippen LogP contribution in [-0.2, 0) is 16.0 Å². The van der Waals surface area contributed by atoms with Crippen LogP contribution in [0.3, 0.4) is 0 Å². The summed E-state index contributed by atoms with van der Waals surface area (Å²) < 4.78 is 13.1. The van der Waals surface area contributed by atoms with Crippen LogP contribution in [0.15, 0.2) is 24.3 Å². The summed E-state index contributed by atoms with van der Waals surface area (Å²) in [5.41, 5.74) is 5.99. The number of carbonyl (C=O) groups is 2. The molecule has 0 radical (unpaired) electrons. The zero-order valence-corrected chi connectivity index (χ0v) is 12.6. The highest BCUT2D eigenvalue weighted by atomic mass is 19.1. The Balaban J connectivity index is 1.69. The molecule has 0 spiro atoms. The summed E-state index contributed by atoms with van der Waals surface area (Å²) in [6.45, 7) is 1.80. The normalized spacial score (nSPS) is 16.4. The molecule has 1 aromatic rings. The van der Waals surface area contributed by atoms with Crippen LogP contribution < -0.4 is 11.1 Å². The molecule has 1 aromatic carbocycles. The smallest absolute Gasteiger partial charge is 0.231 e. The van der Waals surface area contributed by atoms with E-state index in [-0.39, 0.29) is 30.2 Å². The van der Waals surface area contributed by atoms with Crippen LogP contribution in [0.25, 0.3) is 0 Å².